The summed E-state index contributed by atoms with van der Waals surface area (Å²) in [5.74, 6) is 0.140. The van der Waals surface area contributed by atoms with Crippen LogP contribution in [0.2, 0.25) is 0 Å². The zero-order valence-electron chi connectivity index (χ0n) is 6.75. The summed E-state index contributed by atoms with van der Waals surface area (Å²) in [6.07, 6.45) is 7.83. The third kappa shape index (κ3) is 1.61. The third-order valence-electron chi connectivity index (χ3n) is 1.62. The second-order valence-corrected chi connectivity index (χ2v) is 2.56. The van der Waals surface area contributed by atoms with Gasteiger partial charge in [0.05, 0.1) is 6.20 Å². The highest BCUT2D eigenvalue weighted by atomic mass is 16.3. The summed E-state index contributed by atoms with van der Waals surface area (Å²) < 4.78 is 0. The minimum Gasteiger partial charge on any atom is -0.506 e. The van der Waals surface area contributed by atoms with E-state index in [9.17, 15) is 5.11 Å². The molecule has 4 heteroatoms. The van der Waals surface area contributed by atoms with Crippen LogP contribution in [0.4, 0.5) is 0 Å². The maximum absolute atomic E-state index is 9.17. The van der Waals surface area contributed by atoms with Crippen molar-refractivity contribution in [1.29, 1.82) is 0 Å². The normalized spacial score (nSPS) is 9.85. The van der Waals surface area contributed by atoms with E-state index in [4.69, 9.17) is 0 Å². The van der Waals surface area contributed by atoms with Gasteiger partial charge in [0.25, 0.3) is 0 Å². The van der Waals surface area contributed by atoms with Gasteiger partial charge in [-0.15, -0.1) is 0 Å². The molecule has 0 aliphatic carbocycles. The van der Waals surface area contributed by atoms with Crippen LogP contribution < -0.4 is 0 Å². The molecule has 0 aliphatic rings. The molecular weight excluding hydrogens is 166 g/mol. The van der Waals surface area contributed by atoms with Gasteiger partial charge in [-0.2, -0.15) is 0 Å². The molecule has 0 spiro atoms. The van der Waals surface area contributed by atoms with Crippen molar-refractivity contribution in [2.45, 2.75) is 0 Å². The summed E-state index contributed by atoms with van der Waals surface area (Å²) in [4.78, 5) is 11.6. The molecule has 2 aromatic rings. The number of hydrogen-bond donors (Lipinski definition) is 1. The van der Waals surface area contributed by atoms with Crippen molar-refractivity contribution in [3.05, 3.63) is 37.2 Å². The zero-order chi connectivity index (χ0) is 9.10. The lowest BCUT2D eigenvalue weighted by molar-refractivity contribution is 0.473. The minimum atomic E-state index is 0.140. The predicted molar refractivity (Wildman–Crippen MR) is 46.9 cm³/mol. The highest BCUT2D eigenvalue weighted by molar-refractivity contribution is 5.61. The molecule has 2 heterocycles. The Morgan fingerprint density at radius 1 is 0.846 bits per heavy atom. The first-order valence-corrected chi connectivity index (χ1v) is 3.75. The average molecular weight is 173 g/mol. The fraction of sp³-hybridized carbons (Fsp3) is 0. The molecule has 0 fully saturated rings. The second-order valence-electron chi connectivity index (χ2n) is 2.56. The van der Waals surface area contributed by atoms with Gasteiger partial charge in [0, 0.05) is 29.7 Å². The largest absolute Gasteiger partial charge is 0.506 e. The quantitative estimate of drug-likeness (QED) is 0.704. The number of pyridine rings is 1. The lowest BCUT2D eigenvalue weighted by Gasteiger charge is -1.98. The summed E-state index contributed by atoms with van der Waals surface area (Å²) in [6.45, 7) is 0. The van der Waals surface area contributed by atoms with E-state index in [1.54, 1.807) is 24.7 Å². The molecule has 0 atom stereocenters. The number of nitrogens with zero attached hydrogens (tertiary/aromatic N) is 3. The molecule has 0 bridgehead atoms. The molecule has 13 heavy (non-hydrogen) atoms. The third-order valence-corrected chi connectivity index (χ3v) is 1.62. The molecule has 0 aromatic carbocycles. The van der Waals surface area contributed by atoms with E-state index in [2.05, 4.69) is 15.0 Å². The standard InChI is InChI=1S/C9H7N3O/c13-9-1-7(2-10-5-9)8-3-11-6-12-4-8/h1-6,13H. The highest BCUT2D eigenvalue weighted by Gasteiger charge is 1.98. The monoisotopic (exact) mass is 173 g/mol. The molecule has 0 saturated carbocycles. The SMILES string of the molecule is Oc1cncc(-c2cncnc2)c1. The van der Waals surface area contributed by atoms with Crippen LogP contribution in [-0.2, 0) is 0 Å². The van der Waals surface area contributed by atoms with Crippen LogP contribution in [0.1, 0.15) is 0 Å². The summed E-state index contributed by atoms with van der Waals surface area (Å²) in [6, 6.07) is 1.62. The van der Waals surface area contributed by atoms with Gasteiger partial charge in [-0.05, 0) is 6.07 Å². The molecular formula is C9H7N3O. The molecule has 1 N–H and O–H groups in total. The molecule has 0 unspecified atom stereocenters. The molecule has 0 amide bonds. The van der Waals surface area contributed by atoms with Crippen LogP contribution in [0, 0.1) is 0 Å². The fourth-order valence-corrected chi connectivity index (χ4v) is 1.03. The molecule has 4 nitrogen and oxygen atoms in total. The number of rotatable bonds is 1. The molecule has 2 rings (SSSR count). The number of aromatic hydroxyl groups is 1. The van der Waals surface area contributed by atoms with Crippen LogP contribution in [0.15, 0.2) is 37.2 Å². The summed E-state index contributed by atoms with van der Waals surface area (Å²) in [5, 5.41) is 9.17. The summed E-state index contributed by atoms with van der Waals surface area (Å²) in [5.41, 5.74) is 1.64. The van der Waals surface area contributed by atoms with Crippen LogP contribution >= 0.6 is 0 Å². The van der Waals surface area contributed by atoms with E-state index >= 15 is 0 Å². The van der Waals surface area contributed by atoms with Crippen molar-refractivity contribution in [1.82, 2.24) is 15.0 Å². The van der Waals surface area contributed by atoms with E-state index < -0.39 is 0 Å². The Bertz CT molecular complexity index is 403. The Hall–Kier alpha value is -1.97. The van der Waals surface area contributed by atoms with Gasteiger partial charge < -0.3 is 5.11 Å². The number of aromatic nitrogens is 3. The van der Waals surface area contributed by atoms with Gasteiger partial charge in [-0.1, -0.05) is 0 Å². The Balaban J connectivity index is 2.48. The molecule has 2 aromatic heterocycles. The van der Waals surface area contributed by atoms with E-state index in [0.29, 0.717) is 0 Å². The van der Waals surface area contributed by atoms with Gasteiger partial charge in [0.1, 0.15) is 12.1 Å². The smallest absolute Gasteiger partial charge is 0.134 e. The average Bonchev–Trinajstić information content (AvgIpc) is 2.19. The maximum Gasteiger partial charge on any atom is 0.134 e. The highest BCUT2D eigenvalue weighted by Crippen LogP contribution is 2.19. The van der Waals surface area contributed by atoms with Gasteiger partial charge in [0.2, 0.25) is 0 Å². The maximum atomic E-state index is 9.17. The van der Waals surface area contributed by atoms with Gasteiger partial charge in [-0.3, -0.25) is 4.98 Å². The van der Waals surface area contributed by atoms with Crippen molar-refractivity contribution in [2.24, 2.45) is 0 Å². The lowest BCUT2D eigenvalue weighted by Crippen LogP contribution is -1.82. The Morgan fingerprint density at radius 3 is 2.23 bits per heavy atom. The first-order chi connectivity index (χ1) is 6.36. The molecule has 0 aliphatic heterocycles. The minimum absolute atomic E-state index is 0.140. The van der Waals surface area contributed by atoms with Crippen LogP contribution in [-0.4, -0.2) is 20.1 Å². The first kappa shape index (κ1) is 7.67. The topological polar surface area (TPSA) is 58.9 Å². The van der Waals surface area contributed by atoms with Crippen LogP contribution in [0.25, 0.3) is 11.1 Å². The summed E-state index contributed by atoms with van der Waals surface area (Å²) in [7, 11) is 0. The van der Waals surface area contributed by atoms with Crippen molar-refractivity contribution in [3.63, 3.8) is 0 Å². The van der Waals surface area contributed by atoms with Gasteiger partial charge in [-0.25, -0.2) is 9.97 Å². The van der Waals surface area contributed by atoms with Crippen molar-refractivity contribution in [2.75, 3.05) is 0 Å². The van der Waals surface area contributed by atoms with E-state index in [0.717, 1.165) is 11.1 Å². The van der Waals surface area contributed by atoms with E-state index in [1.807, 2.05) is 0 Å². The summed E-state index contributed by atoms with van der Waals surface area (Å²) >= 11 is 0. The van der Waals surface area contributed by atoms with Crippen molar-refractivity contribution in [3.8, 4) is 16.9 Å². The Labute approximate surface area is 74.9 Å². The zero-order valence-corrected chi connectivity index (χ0v) is 6.75. The first-order valence-electron chi connectivity index (χ1n) is 3.75. The fourth-order valence-electron chi connectivity index (χ4n) is 1.03. The van der Waals surface area contributed by atoms with Gasteiger partial charge >= 0.3 is 0 Å². The Kier molecular flexibility index (Phi) is 1.88. The van der Waals surface area contributed by atoms with Crippen molar-refractivity contribution < 1.29 is 5.11 Å². The van der Waals surface area contributed by atoms with Crippen molar-refractivity contribution >= 4 is 0 Å². The van der Waals surface area contributed by atoms with E-state index in [1.165, 1.54) is 12.5 Å². The van der Waals surface area contributed by atoms with Crippen LogP contribution in [0.5, 0.6) is 5.75 Å². The predicted octanol–water partition coefficient (Wildman–Crippen LogP) is 1.24. The number of hydrogen-bond acceptors (Lipinski definition) is 4. The lowest BCUT2D eigenvalue weighted by atomic mass is 10.1. The molecule has 64 valence electrons. The Morgan fingerprint density at radius 2 is 1.54 bits per heavy atom. The van der Waals surface area contributed by atoms with Gasteiger partial charge in [0.15, 0.2) is 0 Å². The van der Waals surface area contributed by atoms with E-state index in [-0.39, 0.29) is 5.75 Å². The molecule has 0 saturated heterocycles. The van der Waals surface area contributed by atoms with Crippen LogP contribution in [0.3, 0.4) is 0 Å². The molecule has 0 radical (unpaired) electrons. The second kappa shape index (κ2) is 3.18.